The molecule has 2 unspecified atom stereocenters. The molecule has 3 aliphatic rings. The molecule has 2 atom stereocenters. The van der Waals surface area contributed by atoms with Crippen molar-refractivity contribution in [3.63, 3.8) is 0 Å². The van der Waals surface area contributed by atoms with Gasteiger partial charge in [0.25, 0.3) is 0 Å². The van der Waals surface area contributed by atoms with Crippen molar-refractivity contribution in [1.82, 2.24) is 0 Å². The third kappa shape index (κ3) is 6.09. The molecule has 3 nitrogen and oxygen atoms in total. The van der Waals surface area contributed by atoms with Gasteiger partial charge in [-0.1, -0.05) is 81.5 Å². The van der Waals surface area contributed by atoms with Crippen LogP contribution in [0.1, 0.15) is 122 Å². The summed E-state index contributed by atoms with van der Waals surface area (Å²) in [4.78, 5) is 40.9. The first kappa shape index (κ1) is 28.7. The summed E-state index contributed by atoms with van der Waals surface area (Å²) in [6, 6.07) is 12.9. The lowest BCUT2D eigenvalue weighted by atomic mass is 9.75. The van der Waals surface area contributed by atoms with Gasteiger partial charge >= 0.3 is 0 Å². The molecule has 2 aromatic carbocycles. The molecular weight excluding hydrogens is 492 g/mol. The Bertz CT molecular complexity index is 1290. The lowest BCUT2D eigenvalue weighted by Crippen LogP contribution is -2.28. The summed E-state index contributed by atoms with van der Waals surface area (Å²) < 4.78 is 0. The van der Waals surface area contributed by atoms with Crippen molar-refractivity contribution in [3.8, 4) is 0 Å². The van der Waals surface area contributed by atoms with Crippen LogP contribution in [-0.2, 0) is 16.0 Å². The zero-order chi connectivity index (χ0) is 28.4. The number of allylic oxidation sites excluding steroid dienone is 2. The van der Waals surface area contributed by atoms with Crippen molar-refractivity contribution in [2.75, 3.05) is 0 Å². The van der Waals surface area contributed by atoms with Gasteiger partial charge in [-0.3, -0.25) is 14.4 Å². The molecule has 40 heavy (non-hydrogen) atoms. The first-order valence-electron chi connectivity index (χ1n) is 15.8. The Morgan fingerprint density at radius 2 is 1.60 bits per heavy atom. The van der Waals surface area contributed by atoms with Crippen molar-refractivity contribution in [2.45, 2.75) is 104 Å². The summed E-state index contributed by atoms with van der Waals surface area (Å²) in [5.41, 5.74) is 6.80. The number of rotatable bonds is 11. The van der Waals surface area contributed by atoms with Crippen LogP contribution in [0, 0.1) is 37.5 Å². The molecule has 0 spiro atoms. The molecule has 5 rings (SSSR count). The van der Waals surface area contributed by atoms with E-state index < -0.39 is 0 Å². The van der Waals surface area contributed by atoms with Gasteiger partial charge in [0.1, 0.15) is 0 Å². The third-order valence-electron chi connectivity index (χ3n) is 10.0. The van der Waals surface area contributed by atoms with E-state index in [0.29, 0.717) is 17.4 Å². The third-order valence-corrected chi connectivity index (χ3v) is 10.0. The zero-order valence-corrected chi connectivity index (χ0v) is 24.9. The largest absolute Gasteiger partial charge is 0.294 e. The minimum atomic E-state index is -0.345. The lowest BCUT2D eigenvalue weighted by molar-refractivity contribution is -0.136. The van der Waals surface area contributed by atoms with E-state index in [0.717, 1.165) is 73.6 Å². The van der Waals surface area contributed by atoms with Gasteiger partial charge in [-0.05, 0) is 98.9 Å². The van der Waals surface area contributed by atoms with Crippen molar-refractivity contribution in [2.24, 2.45) is 23.7 Å². The summed E-state index contributed by atoms with van der Waals surface area (Å²) in [5.74, 6) is 0.788. The van der Waals surface area contributed by atoms with Gasteiger partial charge in [-0.2, -0.15) is 0 Å². The highest BCUT2D eigenvalue weighted by atomic mass is 16.2. The van der Waals surface area contributed by atoms with E-state index in [1.54, 1.807) is 0 Å². The number of aryl methyl sites for hydroxylation is 2. The van der Waals surface area contributed by atoms with Crippen LogP contribution in [0.15, 0.2) is 42.5 Å². The number of hydrogen-bond donors (Lipinski definition) is 0. The van der Waals surface area contributed by atoms with Crippen LogP contribution in [-0.4, -0.2) is 17.3 Å². The average molecular weight is 539 g/mol. The van der Waals surface area contributed by atoms with Crippen molar-refractivity contribution in [3.05, 3.63) is 75.9 Å². The Morgan fingerprint density at radius 1 is 0.900 bits per heavy atom. The molecule has 3 aliphatic carbocycles. The molecule has 2 aromatic rings. The van der Waals surface area contributed by atoms with Gasteiger partial charge < -0.3 is 0 Å². The minimum Gasteiger partial charge on any atom is -0.294 e. The van der Waals surface area contributed by atoms with Crippen LogP contribution in [0.2, 0.25) is 0 Å². The number of ketones is 3. The molecule has 3 heteroatoms. The van der Waals surface area contributed by atoms with E-state index in [1.807, 2.05) is 19.1 Å². The number of fused-ring (bicyclic) bond motifs is 1. The van der Waals surface area contributed by atoms with E-state index in [4.69, 9.17) is 0 Å². The standard InChI is InChI=1S/C37H46O3/c1-5-7-30(21-26-8-6-9-26)36(39)37(40)34-19-24(3)31-18-25(4)32(22-33(31)34)35(38)29-16-14-28(15-17-29)20-27-12-10-23(2)11-13-27/h10-13,18-19,22,24,26,28-30H,5-9,14-17,20-21H2,1-4H3. The number of benzene rings is 2. The fraction of sp³-hybridized carbons (Fsp3) is 0.541. The predicted octanol–water partition coefficient (Wildman–Crippen LogP) is 8.78. The molecule has 0 heterocycles. The Kier molecular flexibility index (Phi) is 8.88. The second-order valence-corrected chi connectivity index (χ2v) is 13.1. The van der Waals surface area contributed by atoms with Crippen LogP contribution >= 0.6 is 0 Å². The number of carbonyl (C=O) groups is 3. The molecular formula is C37H46O3. The second kappa shape index (κ2) is 12.4. The lowest BCUT2D eigenvalue weighted by Gasteiger charge is -2.29. The van der Waals surface area contributed by atoms with Gasteiger partial charge in [0, 0.05) is 28.9 Å². The van der Waals surface area contributed by atoms with Gasteiger partial charge in [-0.25, -0.2) is 0 Å². The topological polar surface area (TPSA) is 51.2 Å². The van der Waals surface area contributed by atoms with Gasteiger partial charge in [0.15, 0.2) is 5.78 Å². The van der Waals surface area contributed by atoms with Gasteiger partial charge in [0.05, 0.1) is 0 Å². The van der Waals surface area contributed by atoms with E-state index in [-0.39, 0.29) is 35.1 Å². The molecule has 2 saturated carbocycles. The Labute approximate surface area is 240 Å². The number of carbonyl (C=O) groups excluding carboxylic acids is 3. The molecule has 0 aliphatic heterocycles. The van der Waals surface area contributed by atoms with Crippen molar-refractivity contribution in [1.29, 1.82) is 0 Å². The summed E-state index contributed by atoms with van der Waals surface area (Å²) >= 11 is 0. The van der Waals surface area contributed by atoms with Crippen molar-refractivity contribution < 1.29 is 14.4 Å². The summed E-state index contributed by atoms with van der Waals surface area (Å²) in [5, 5.41) is 0. The van der Waals surface area contributed by atoms with E-state index >= 15 is 0 Å². The molecule has 2 fully saturated rings. The normalized spacial score (nSPS) is 23.2. The highest BCUT2D eigenvalue weighted by Crippen LogP contribution is 2.41. The Balaban J connectivity index is 1.29. The highest BCUT2D eigenvalue weighted by Gasteiger charge is 2.36. The second-order valence-electron chi connectivity index (χ2n) is 13.1. The predicted molar refractivity (Wildman–Crippen MR) is 163 cm³/mol. The summed E-state index contributed by atoms with van der Waals surface area (Å²) in [6.07, 6.45) is 13.2. The van der Waals surface area contributed by atoms with Gasteiger partial charge in [-0.15, -0.1) is 0 Å². The molecule has 0 bridgehead atoms. The molecule has 0 radical (unpaired) electrons. The molecule has 0 N–H and O–H groups in total. The van der Waals surface area contributed by atoms with Gasteiger partial charge in [0.2, 0.25) is 11.6 Å². The van der Waals surface area contributed by atoms with E-state index in [1.165, 1.54) is 30.4 Å². The van der Waals surface area contributed by atoms with E-state index in [9.17, 15) is 14.4 Å². The fourth-order valence-corrected chi connectivity index (χ4v) is 7.29. The Hall–Kier alpha value is -2.81. The van der Waals surface area contributed by atoms with Crippen LogP contribution in [0.25, 0.3) is 5.57 Å². The van der Waals surface area contributed by atoms with Crippen LogP contribution < -0.4 is 0 Å². The minimum absolute atomic E-state index is 0.0334. The first-order valence-corrected chi connectivity index (χ1v) is 15.8. The zero-order valence-electron chi connectivity index (χ0n) is 24.9. The quantitative estimate of drug-likeness (QED) is 0.212. The number of hydrogen-bond acceptors (Lipinski definition) is 3. The Morgan fingerprint density at radius 3 is 2.23 bits per heavy atom. The number of Topliss-reactive ketones (excluding diaryl/α,β-unsaturated/α-hetero) is 3. The first-order chi connectivity index (χ1) is 19.2. The van der Waals surface area contributed by atoms with Crippen molar-refractivity contribution >= 4 is 22.9 Å². The molecule has 0 saturated heterocycles. The maximum absolute atomic E-state index is 13.8. The smallest absolute Gasteiger partial charge is 0.229 e. The molecule has 0 amide bonds. The van der Waals surface area contributed by atoms with E-state index in [2.05, 4.69) is 51.1 Å². The fourth-order valence-electron chi connectivity index (χ4n) is 7.29. The summed E-state index contributed by atoms with van der Waals surface area (Å²) in [7, 11) is 0. The maximum Gasteiger partial charge on any atom is 0.229 e. The van der Waals surface area contributed by atoms with Crippen LogP contribution in [0.4, 0.5) is 0 Å². The molecule has 0 aromatic heterocycles. The van der Waals surface area contributed by atoms with Crippen LogP contribution in [0.5, 0.6) is 0 Å². The monoisotopic (exact) mass is 538 g/mol. The average Bonchev–Trinajstić information content (AvgIpc) is 3.25. The van der Waals surface area contributed by atoms with Crippen LogP contribution in [0.3, 0.4) is 0 Å². The molecule has 212 valence electrons. The SMILES string of the molecule is CCCC(CC1CCC1)C(=O)C(=O)C1=CC(C)c2cc(C)c(C(=O)C3CCC(Cc4ccc(C)cc4)CC3)cc21. The maximum atomic E-state index is 13.8. The summed E-state index contributed by atoms with van der Waals surface area (Å²) in [6.45, 7) is 8.31. The highest BCUT2D eigenvalue weighted by molar-refractivity contribution is 6.55.